The minimum Gasteiger partial charge on any atom is -0.378 e. The van der Waals surface area contributed by atoms with E-state index in [4.69, 9.17) is 4.74 Å². The number of carbonyl (C=O) groups is 1. The second-order valence-electron chi connectivity index (χ2n) is 6.85. The number of halogens is 1. The highest BCUT2D eigenvalue weighted by Crippen LogP contribution is 2.18. The summed E-state index contributed by atoms with van der Waals surface area (Å²) in [6, 6.07) is 15.8. The Hall–Kier alpha value is -2.20. The first-order chi connectivity index (χ1) is 14.3. The maximum absolute atomic E-state index is 13.2. The molecule has 1 atom stereocenters. The fourth-order valence-electron chi connectivity index (χ4n) is 3.31. The van der Waals surface area contributed by atoms with Crippen LogP contribution in [0.15, 0.2) is 59.7 Å². The number of nitrogens with zero attached hydrogens (tertiary/aromatic N) is 3. The molecule has 0 spiro atoms. The largest absolute Gasteiger partial charge is 0.378 e. The van der Waals surface area contributed by atoms with Crippen LogP contribution < -0.4 is 10.6 Å². The highest BCUT2D eigenvalue weighted by atomic mass is 127. The predicted octanol–water partition coefficient (Wildman–Crippen LogP) is 2.05. The van der Waals surface area contributed by atoms with Crippen LogP contribution in [0.3, 0.4) is 0 Å². The Balaban J connectivity index is 0.00000320. The van der Waals surface area contributed by atoms with Crippen LogP contribution in [-0.2, 0) is 16.0 Å². The smallest absolute Gasteiger partial charge is 0.232 e. The van der Waals surface area contributed by atoms with Crippen molar-refractivity contribution >= 4 is 35.8 Å². The van der Waals surface area contributed by atoms with E-state index in [1.807, 2.05) is 53.4 Å². The lowest BCUT2D eigenvalue weighted by molar-refractivity contribution is -0.136. The Kier molecular flexibility index (Phi) is 10.6. The summed E-state index contributed by atoms with van der Waals surface area (Å²) in [4.78, 5) is 23.7. The lowest BCUT2D eigenvalue weighted by Crippen LogP contribution is -2.47. The van der Waals surface area contributed by atoms with Crippen LogP contribution in [0.4, 0.5) is 0 Å². The lowest BCUT2D eigenvalue weighted by atomic mass is 9.97. The van der Waals surface area contributed by atoms with Crippen molar-refractivity contribution in [1.82, 2.24) is 20.5 Å². The van der Waals surface area contributed by atoms with E-state index in [2.05, 4.69) is 20.6 Å². The third-order valence-corrected chi connectivity index (χ3v) is 4.92. The molecule has 1 aromatic carbocycles. The van der Waals surface area contributed by atoms with Gasteiger partial charge in [-0.15, -0.1) is 24.0 Å². The number of guanidine groups is 1. The highest BCUT2D eigenvalue weighted by molar-refractivity contribution is 14.0. The number of amides is 1. The summed E-state index contributed by atoms with van der Waals surface area (Å²) in [6.45, 7) is 3.65. The predicted molar refractivity (Wildman–Crippen MR) is 129 cm³/mol. The van der Waals surface area contributed by atoms with Crippen molar-refractivity contribution in [2.45, 2.75) is 12.3 Å². The van der Waals surface area contributed by atoms with Crippen LogP contribution in [0.5, 0.6) is 0 Å². The maximum atomic E-state index is 13.2. The monoisotopic (exact) mass is 523 g/mol. The summed E-state index contributed by atoms with van der Waals surface area (Å²) in [5.74, 6) is 0.524. The van der Waals surface area contributed by atoms with Crippen LogP contribution in [0.1, 0.15) is 17.2 Å². The van der Waals surface area contributed by atoms with Crippen molar-refractivity contribution in [3.63, 3.8) is 0 Å². The van der Waals surface area contributed by atoms with E-state index in [0.717, 1.165) is 17.7 Å². The topological polar surface area (TPSA) is 78.8 Å². The molecule has 1 aromatic heterocycles. The van der Waals surface area contributed by atoms with Gasteiger partial charge in [-0.25, -0.2) is 0 Å². The van der Waals surface area contributed by atoms with Crippen LogP contribution in [0.25, 0.3) is 0 Å². The first-order valence-corrected chi connectivity index (χ1v) is 10.0. The van der Waals surface area contributed by atoms with Gasteiger partial charge < -0.3 is 20.3 Å². The molecule has 1 fully saturated rings. The quantitative estimate of drug-likeness (QED) is 0.330. The molecular weight excluding hydrogens is 493 g/mol. The number of carbonyl (C=O) groups excluding carboxylic acids is 1. The zero-order chi connectivity index (χ0) is 20.3. The van der Waals surface area contributed by atoms with Gasteiger partial charge >= 0.3 is 0 Å². The molecule has 1 unspecified atom stereocenters. The molecule has 2 aromatic rings. The summed E-state index contributed by atoms with van der Waals surface area (Å²) in [7, 11) is 1.73. The van der Waals surface area contributed by atoms with Gasteiger partial charge in [-0.3, -0.25) is 14.8 Å². The molecule has 0 saturated carbocycles. The molecule has 1 amide bonds. The van der Waals surface area contributed by atoms with E-state index in [9.17, 15) is 4.79 Å². The molecule has 0 bridgehead atoms. The summed E-state index contributed by atoms with van der Waals surface area (Å²) in [5.41, 5.74) is 2.03. The van der Waals surface area contributed by atoms with E-state index < -0.39 is 0 Å². The number of benzene rings is 1. The minimum absolute atomic E-state index is 0. The van der Waals surface area contributed by atoms with Gasteiger partial charge in [-0.1, -0.05) is 36.4 Å². The Labute approximate surface area is 195 Å². The van der Waals surface area contributed by atoms with E-state index in [-0.39, 0.29) is 35.8 Å². The van der Waals surface area contributed by atoms with E-state index in [1.54, 1.807) is 13.2 Å². The highest BCUT2D eigenvalue weighted by Gasteiger charge is 2.27. The summed E-state index contributed by atoms with van der Waals surface area (Å²) < 4.78 is 5.39. The Morgan fingerprint density at radius 1 is 1.13 bits per heavy atom. The number of ether oxygens (including phenoxy) is 1. The van der Waals surface area contributed by atoms with Gasteiger partial charge in [0.25, 0.3) is 0 Å². The molecule has 0 radical (unpaired) electrons. The molecule has 7 nitrogen and oxygen atoms in total. The fourth-order valence-corrected chi connectivity index (χ4v) is 3.31. The summed E-state index contributed by atoms with van der Waals surface area (Å²) in [6.07, 6.45) is 2.60. The number of aliphatic imine (C=N–C) groups is 1. The van der Waals surface area contributed by atoms with Gasteiger partial charge in [0.15, 0.2) is 5.96 Å². The normalized spacial score (nSPS) is 15.1. The zero-order valence-corrected chi connectivity index (χ0v) is 19.6. The van der Waals surface area contributed by atoms with Crippen molar-refractivity contribution in [2.75, 3.05) is 46.4 Å². The average molecular weight is 523 g/mol. The van der Waals surface area contributed by atoms with Gasteiger partial charge in [-0.05, 0) is 17.7 Å². The number of aromatic nitrogens is 1. The van der Waals surface area contributed by atoms with E-state index >= 15 is 0 Å². The summed E-state index contributed by atoms with van der Waals surface area (Å²) in [5, 5.41) is 6.61. The molecule has 8 heteroatoms. The Morgan fingerprint density at radius 3 is 2.53 bits per heavy atom. The molecule has 1 saturated heterocycles. The molecule has 2 N–H and O–H groups in total. The van der Waals surface area contributed by atoms with Gasteiger partial charge in [0, 0.05) is 51.5 Å². The van der Waals surface area contributed by atoms with Crippen LogP contribution in [-0.4, -0.2) is 68.2 Å². The van der Waals surface area contributed by atoms with Crippen molar-refractivity contribution in [2.24, 2.45) is 4.99 Å². The molecule has 0 aliphatic carbocycles. The fraction of sp³-hybridized carbons (Fsp3) is 0.409. The van der Waals surface area contributed by atoms with Gasteiger partial charge in [0.05, 0.1) is 19.1 Å². The third-order valence-electron chi connectivity index (χ3n) is 4.92. The molecular formula is C22H30IN5O2. The second kappa shape index (κ2) is 13.2. The van der Waals surface area contributed by atoms with Crippen molar-refractivity contribution < 1.29 is 9.53 Å². The maximum Gasteiger partial charge on any atom is 0.232 e. The number of nitrogens with one attached hydrogen (secondary N) is 2. The molecule has 2 heterocycles. The van der Waals surface area contributed by atoms with Crippen LogP contribution in [0.2, 0.25) is 0 Å². The summed E-state index contributed by atoms with van der Waals surface area (Å²) >= 11 is 0. The van der Waals surface area contributed by atoms with Crippen LogP contribution >= 0.6 is 24.0 Å². The number of pyridine rings is 1. The molecule has 1 aliphatic rings. The van der Waals surface area contributed by atoms with Gasteiger partial charge in [-0.2, -0.15) is 0 Å². The Bertz CT molecular complexity index is 783. The first-order valence-electron chi connectivity index (χ1n) is 10.0. The van der Waals surface area contributed by atoms with Crippen molar-refractivity contribution in [3.05, 3.63) is 66.0 Å². The second-order valence-corrected chi connectivity index (χ2v) is 6.85. The number of hydrogen-bond acceptors (Lipinski definition) is 4. The first kappa shape index (κ1) is 24.1. The number of hydrogen-bond donors (Lipinski definition) is 2. The molecule has 1 aliphatic heterocycles. The standard InChI is InChI=1S/C22H29N5O2.HI/c1-23-22(25-12-10-19-9-5-6-11-24-19)26-17-20(18-7-3-2-4-8-18)21(28)27-13-15-29-16-14-27;/h2-9,11,20H,10,12-17H2,1H3,(H2,23,25,26);1H. The molecule has 162 valence electrons. The third kappa shape index (κ3) is 7.24. The van der Waals surface area contributed by atoms with Gasteiger partial charge in [0.1, 0.15) is 0 Å². The number of rotatable bonds is 7. The zero-order valence-electron chi connectivity index (χ0n) is 17.3. The average Bonchev–Trinajstić information content (AvgIpc) is 2.80. The molecule has 30 heavy (non-hydrogen) atoms. The lowest BCUT2D eigenvalue weighted by Gasteiger charge is -2.31. The van der Waals surface area contributed by atoms with E-state index in [1.165, 1.54) is 0 Å². The van der Waals surface area contributed by atoms with Crippen LogP contribution in [0, 0.1) is 0 Å². The minimum atomic E-state index is -0.274. The van der Waals surface area contributed by atoms with E-state index in [0.29, 0.717) is 45.4 Å². The Morgan fingerprint density at radius 2 is 1.87 bits per heavy atom. The SMILES string of the molecule is CN=C(NCCc1ccccn1)NCC(C(=O)N1CCOCC1)c1ccccc1.I. The van der Waals surface area contributed by atoms with Crippen molar-refractivity contribution in [1.29, 1.82) is 0 Å². The van der Waals surface area contributed by atoms with Gasteiger partial charge in [0.2, 0.25) is 5.91 Å². The van der Waals surface area contributed by atoms with Crippen molar-refractivity contribution in [3.8, 4) is 0 Å². The number of morpholine rings is 1. The molecule has 3 rings (SSSR count).